The van der Waals surface area contributed by atoms with Crippen molar-refractivity contribution >= 4 is 28.8 Å². The van der Waals surface area contributed by atoms with Crippen LogP contribution >= 0.6 is 22.9 Å². The molecule has 0 aliphatic rings. The molecule has 0 radical (unpaired) electrons. The van der Waals surface area contributed by atoms with Crippen molar-refractivity contribution in [3.05, 3.63) is 92.4 Å². The molecule has 2 N–H and O–H groups in total. The first-order chi connectivity index (χ1) is 16.1. The number of hydrogen-bond acceptors (Lipinski definition) is 4. The van der Waals surface area contributed by atoms with Crippen molar-refractivity contribution in [2.45, 2.75) is 26.3 Å². The van der Waals surface area contributed by atoms with Gasteiger partial charge < -0.3 is 15.0 Å². The fourth-order valence-electron chi connectivity index (χ4n) is 3.61. The molecule has 4 rings (SSSR count). The molecule has 4 aromatic rings. The number of halogens is 4. The van der Waals surface area contributed by atoms with Gasteiger partial charge in [-0.15, -0.1) is 11.3 Å². The molecule has 0 aliphatic carbocycles. The first-order valence-corrected chi connectivity index (χ1v) is 11.4. The van der Waals surface area contributed by atoms with Gasteiger partial charge in [-0.3, -0.25) is 4.79 Å². The minimum atomic E-state index is -4.51. The van der Waals surface area contributed by atoms with Crippen LogP contribution in [0.5, 0.6) is 5.75 Å². The van der Waals surface area contributed by atoms with E-state index in [1.54, 1.807) is 53.3 Å². The minimum absolute atomic E-state index is 0.0727. The zero-order valence-corrected chi connectivity index (χ0v) is 19.5. The zero-order valence-electron chi connectivity index (χ0n) is 17.9. The maximum absolute atomic E-state index is 13.5. The molecule has 0 bridgehead atoms. The van der Waals surface area contributed by atoms with Gasteiger partial charge in [0.1, 0.15) is 17.4 Å². The van der Waals surface area contributed by atoms with Crippen molar-refractivity contribution in [3.63, 3.8) is 0 Å². The highest BCUT2D eigenvalue weighted by Gasteiger charge is 2.33. The highest BCUT2D eigenvalue weighted by Crippen LogP contribution is 2.34. The summed E-state index contributed by atoms with van der Waals surface area (Å²) < 4.78 is 48.0. The summed E-state index contributed by atoms with van der Waals surface area (Å²) in [5.41, 5.74) is 6.53. The smallest absolute Gasteiger partial charge is 0.416 e. The first-order valence-electron chi connectivity index (χ1n) is 10.1. The quantitative estimate of drug-likeness (QED) is 0.319. The normalized spacial score (nSPS) is 11.6. The van der Waals surface area contributed by atoms with Crippen LogP contribution in [0.25, 0.3) is 11.4 Å². The fourth-order valence-corrected chi connectivity index (χ4v) is 4.50. The number of nitrogens with zero attached hydrogens (tertiary/aromatic N) is 2. The highest BCUT2D eigenvalue weighted by molar-refractivity contribution is 7.09. The third-order valence-electron chi connectivity index (χ3n) is 5.29. The third kappa shape index (κ3) is 4.95. The summed E-state index contributed by atoms with van der Waals surface area (Å²) in [6.07, 6.45) is -4.51. The molecule has 5 nitrogen and oxygen atoms in total. The van der Waals surface area contributed by atoms with Crippen LogP contribution in [0.2, 0.25) is 5.02 Å². The number of carbonyl (C=O) groups is 1. The number of amides is 1. The first kappa shape index (κ1) is 23.8. The number of aromatic nitrogens is 2. The van der Waals surface area contributed by atoms with Crippen molar-refractivity contribution in [1.29, 1.82) is 0 Å². The molecule has 0 saturated heterocycles. The van der Waals surface area contributed by atoms with Gasteiger partial charge in [0.05, 0.1) is 27.5 Å². The van der Waals surface area contributed by atoms with Crippen molar-refractivity contribution in [2.24, 2.45) is 5.73 Å². The van der Waals surface area contributed by atoms with E-state index in [0.717, 1.165) is 6.07 Å². The molecule has 176 valence electrons. The molecule has 2 aromatic carbocycles. The number of thiazole rings is 1. The second-order valence-electron chi connectivity index (χ2n) is 7.48. The lowest BCUT2D eigenvalue weighted by molar-refractivity contribution is -0.138. The molecule has 0 atom stereocenters. The Bertz CT molecular complexity index is 1350. The molecule has 2 aromatic heterocycles. The van der Waals surface area contributed by atoms with E-state index in [1.165, 1.54) is 23.5 Å². The molecular formula is C24H19ClF3N3O2S. The van der Waals surface area contributed by atoms with E-state index in [2.05, 4.69) is 4.98 Å². The number of ether oxygens (including phenoxy) is 1. The van der Waals surface area contributed by atoms with E-state index in [4.69, 9.17) is 22.1 Å². The lowest BCUT2D eigenvalue weighted by Gasteiger charge is -2.16. The van der Waals surface area contributed by atoms with Crippen molar-refractivity contribution in [2.75, 3.05) is 0 Å². The molecule has 34 heavy (non-hydrogen) atoms. The largest absolute Gasteiger partial charge is 0.485 e. The summed E-state index contributed by atoms with van der Waals surface area (Å²) in [5.74, 6) is -0.154. The molecule has 0 spiro atoms. The van der Waals surface area contributed by atoms with Crippen molar-refractivity contribution < 1.29 is 22.7 Å². The monoisotopic (exact) mass is 505 g/mol. The Morgan fingerprint density at radius 1 is 1.18 bits per heavy atom. The van der Waals surface area contributed by atoms with E-state index < -0.39 is 17.6 Å². The lowest BCUT2D eigenvalue weighted by Crippen LogP contribution is -2.15. The average molecular weight is 506 g/mol. The number of para-hydroxylation sites is 1. The molecule has 0 fully saturated rings. The van der Waals surface area contributed by atoms with Gasteiger partial charge in [0.25, 0.3) is 5.91 Å². The molecule has 2 heterocycles. The van der Waals surface area contributed by atoms with Crippen molar-refractivity contribution in [1.82, 2.24) is 9.55 Å². The number of hydrogen-bond donors (Lipinski definition) is 1. The summed E-state index contributed by atoms with van der Waals surface area (Å²) >= 11 is 7.44. The lowest BCUT2D eigenvalue weighted by atomic mass is 10.1. The van der Waals surface area contributed by atoms with E-state index in [0.29, 0.717) is 32.9 Å². The van der Waals surface area contributed by atoms with Gasteiger partial charge in [-0.1, -0.05) is 41.9 Å². The van der Waals surface area contributed by atoms with Gasteiger partial charge in [0.15, 0.2) is 0 Å². The second kappa shape index (κ2) is 9.52. The maximum atomic E-state index is 13.5. The van der Waals surface area contributed by atoms with Crippen LogP contribution in [-0.2, 0) is 19.3 Å². The van der Waals surface area contributed by atoms with Gasteiger partial charge >= 0.3 is 6.18 Å². The number of primary amides is 1. The Hall–Kier alpha value is -3.30. The van der Waals surface area contributed by atoms with Gasteiger partial charge in [-0.25, -0.2) is 4.98 Å². The number of rotatable bonds is 7. The van der Waals surface area contributed by atoms with Crippen LogP contribution in [0.3, 0.4) is 0 Å². The average Bonchev–Trinajstić information content (AvgIpc) is 3.38. The molecule has 10 heteroatoms. The summed E-state index contributed by atoms with van der Waals surface area (Å²) in [7, 11) is 0. The summed E-state index contributed by atoms with van der Waals surface area (Å²) in [4.78, 5) is 16.5. The predicted molar refractivity (Wildman–Crippen MR) is 125 cm³/mol. The Morgan fingerprint density at radius 2 is 1.88 bits per heavy atom. The SMILES string of the molecule is Cc1c(C(N)=O)cc(-c2csc(COc3ccccc3Cl)n2)n1Cc1ccccc1C(F)(F)F. The highest BCUT2D eigenvalue weighted by atomic mass is 35.5. The Kier molecular flexibility index (Phi) is 6.67. The summed E-state index contributed by atoms with van der Waals surface area (Å²) in [6.45, 7) is 1.70. The number of alkyl halides is 3. The molecule has 0 saturated carbocycles. The molecule has 0 aliphatic heterocycles. The predicted octanol–water partition coefficient (Wildman–Crippen LogP) is 6.32. The van der Waals surface area contributed by atoms with Crippen LogP contribution in [0, 0.1) is 6.92 Å². The Morgan fingerprint density at radius 3 is 2.59 bits per heavy atom. The van der Waals surface area contributed by atoms with Crippen LogP contribution in [0.1, 0.15) is 32.2 Å². The van der Waals surface area contributed by atoms with E-state index in [1.807, 2.05) is 0 Å². The zero-order chi connectivity index (χ0) is 24.5. The second-order valence-corrected chi connectivity index (χ2v) is 8.83. The fraction of sp³-hybridized carbons (Fsp3) is 0.167. The van der Waals surface area contributed by atoms with E-state index >= 15 is 0 Å². The molecular weight excluding hydrogens is 487 g/mol. The summed E-state index contributed by atoms with van der Waals surface area (Å²) in [5, 5.41) is 2.87. The number of benzene rings is 2. The minimum Gasteiger partial charge on any atom is -0.485 e. The standard InChI is InChI=1S/C24H19ClF3N3O2S/c1-14-16(23(29)32)10-20(31(14)11-15-6-2-3-7-17(15)24(26,27)28)19-13-34-22(30-19)12-33-21-9-5-4-8-18(21)25/h2-10,13H,11-12H2,1H3,(H2,29,32). The Labute approximate surface area is 202 Å². The molecule has 0 unspecified atom stereocenters. The van der Waals surface area contributed by atoms with Gasteiger partial charge in [0, 0.05) is 17.6 Å². The summed E-state index contributed by atoms with van der Waals surface area (Å²) in [6, 6.07) is 13.9. The third-order valence-corrected chi connectivity index (χ3v) is 6.42. The van der Waals surface area contributed by atoms with E-state index in [9.17, 15) is 18.0 Å². The number of carbonyl (C=O) groups excluding carboxylic acids is 1. The van der Waals surface area contributed by atoms with Crippen molar-refractivity contribution in [3.8, 4) is 17.1 Å². The Balaban J connectivity index is 1.68. The van der Waals surface area contributed by atoms with Crippen LogP contribution in [-0.4, -0.2) is 15.5 Å². The maximum Gasteiger partial charge on any atom is 0.416 e. The van der Waals surface area contributed by atoms with Crippen LogP contribution in [0.15, 0.2) is 60.0 Å². The van der Waals surface area contributed by atoms with Crippen LogP contribution in [0.4, 0.5) is 13.2 Å². The van der Waals surface area contributed by atoms with Gasteiger partial charge in [-0.05, 0) is 36.8 Å². The topological polar surface area (TPSA) is 70.1 Å². The van der Waals surface area contributed by atoms with E-state index in [-0.39, 0.29) is 24.3 Å². The van der Waals surface area contributed by atoms with Gasteiger partial charge in [-0.2, -0.15) is 13.2 Å². The number of nitrogens with two attached hydrogens (primary N) is 1. The molecule has 1 amide bonds. The van der Waals surface area contributed by atoms with Crippen LogP contribution < -0.4 is 10.5 Å². The van der Waals surface area contributed by atoms with Gasteiger partial charge in [0.2, 0.25) is 0 Å².